The number of carbonyl (C=O) groups is 2. The highest BCUT2D eigenvalue weighted by atomic mass is 16.5. The maximum Gasteiger partial charge on any atom is 0.223 e. The Hall–Kier alpha value is -2.04. The summed E-state index contributed by atoms with van der Waals surface area (Å²) >= 11 is 0. The zero-order chi connectivity index (χ0) is 22.1. The van der Waals surface area contributed by atoms with Crippen LogP contribution in [0.4, 0.5) is 0 Å². The van der Waals surface area contributed by atoms with Gasteiger partial charge in [0.05, 0.1) is 6.61 Å². The molecule has 174 valence electrons. The molecule has 1 aromatic rings. The van der Waals surface area contributed by atoms with E-state index in [9.17, 15) is 9.59 Å². The van der Waals surface area contributed by atoms with E-state index in [1.807, 2.05) is 34.1 Å². The number of piperazine rings is 1. The van der Waals surface area contributed by atoms with Gasteiger partial charge in [0.25, 0.3) is 0 Å². The molecule has 0 aromatic heterocycles. The number of rotatable bonds is 7. The Bertz CT molecular complexity index is 791. The molecule has 6 rings (SSSR count). The Morgan fingerprint density at radius 3 is 1.97 bits per heavy atom. The van der Waals surface area contributed by atoms with Gasteiger partial charge >= 0.3 is 0 Å². The number of carbonyl (C=O) groups excluding carboxylic acids is 2. The molecule has 32 heavy (non-hydrogen) atoms. The van der Waals surface area contributed by atoms with Crippen molar-refractivity contribution in [2.45, 2.75) is 64.7 Å². The number of amides is 2. The minimum absolute atomic E-state index is 0.186. The molecule has 4 aliphatic carbocycles. The lowest BCUT2D eigenvalue weighted by Gasteiger charge is -2.57. The summed E-state index contributed by atoms with van der Waals surface area (Å²) in [5.74, 6) is 4.04. The second kappa shape index (κ2) is 9.07. The van der Waals surface area contributed by atoms with E-state index in [2.05, 4.69) is 6.92 Å². The van der Waals surface area contributed by atoms with E-state index < -0.39 is 0 Å². The first-order chi connectivity index (χ1) is 15.5. The number of benzene rings is 1. The predicted molar refractivity (Wildman–Crippen MR) is 124 cm³/mol. The van der Waals surface area contributed by atoms with Gasteiger partial charge in [0.2, 0.25) is 11.8 Å². The number of hydrogen-bond acceptors (Lipinski definition) is 3. The van der Waals surface area contributed by atoms with E-state index >= 15 is 0 Å². The van der Waals surface area contributed by atoms with Gasteiger partial charge in [-0.2, -0.15) is 0 Å². The summed E-state index contributed by atoms with van der Waals surface area (Å²) in [5, 5.41) is 0. The number of aryl methyl sites for hydroxylation is 1. The molecule has 5 fully saturated rings. The lowest BCUT2D eigenvalue weighted by molar-refractivity contribution is -0.144. The molecule has 1 aliphatic heterocycles. The quantitative estimate of drug-likeness (QED) is 0.592. The van der Waals surface area contributed by atoms with Crippen molar-refractivity contribution in [1.82, 2.24) is 9.80 Å². The van der Waals surface area contributed by atoms with E-state index in [1.165, 1.54) is 44.1 Å². The van der Waals surface area contributed by atoms with E-state index in [0.29, 0.717) is 50.5 Å². The van der Waals surface area contributed by atoms with Crippen LogP contribution in [0.15, 0.2) is 24.3 Å². The minimum atomic E-state index is 0.186. The van der Waals surface area contributed by atoms with Crippen LogP contribution in [0.5, 0.6) is 5.75 Å². The Morgan fingerprint density at radius 2 is 1.41 bits per heavy atom. The van der Waals surface area contributed by atoms with Crippen LogP contribution in [0.1, 0.15) is 63.4 Å². The fourth-order valence-corrected chi connectivity index (χ4v) is 7.35. The molecule has 1 aromatic carbocycles. The van der Waals surface area contributed by atoms with Gasteiger partial charge in [0, 0.05) is 39.0 Å². The average molecular weight is 439 g/mol. The smallest absolute Gasteiger partial charge is 0.223 e. The standard InChI is InChI=1S/C27H38N2O3/c1-20-4-6-24(7-5-20)32-12-2-3-25(30)28-8-10-29(11-9-28)26(31)19-27-16-21-13-22(17-27)15-23(14-21)18-27/h4-7,21-23H,2-3,8-19H2,1H3. The molecule has 0 N–H and O–H groups in total. The van der Waals surface area contributed by atoms with Crippen molar-refractivity contribution in [3.05, 3.63) is 29.8 Å². The minimum Gasteiger partial charge on any atom is -0.494 e. The number of ether oxygens (including phenoxy) is 1. The van der Waals surface area contributed by atoms with Crippen LogP contribution in [-0.2, 0) is 9.59 Å². The van der Waals surface area contributed by atoms with Gasteiger partial charge in [-0.15, -0.1) is 0 Å². The van der Waals surface area contributed by atoms with Crippen LogP contribution in [-0.4, -0.2) is 54.4 Å². The summed E-state index contributed by atoms with van der Waals surface area (Å²) < 4.78 is 5.74. The number of nitrogens with zero attached hydrogens (tertiary/aromatic N) is 2. The molecule has 4 bridgehead atoms. The van der Waals surface area contributed by atoms with Gasteiger partial charge < -0.3 is 14.5 Å². The zero-order valence-electron chi connectivity index (χ0n) is 19.6. The molecular weight excluding hydrogens is 400 g/mol. The average Bonchev–Trinajstić information content (AvgIpc) is 2.76. The van der Waals surface area contributed by atoms with Crippen molar-refractivity contribution in [2.24, 2.45) is 23.2 Å². The predicted octanol–water partition coefficient (Wildman–Crippen LogP) is 4.43. The molecule has 5 aliphatic rings. The molecule has 0 spiro atoms. The highest BCUT2D eigenvalue weighted by Crippen LogP contribution is 2.61. The van der Waals surface area contributed by atoms with Crippen molar-refractivity contribution >= 4 is 11.8 Å². The SMILES string of the molecule is Cc1ccc(OCCCC(=O)N2CCN(C(=O)CC34CC5CC(CC(C5)C3)C4)CC2)cc1. The van der Waals surface area contributed by atoms with E-state index in [-0.39, 0.29) is 5.91 Å². The third kappa shape index (κ3) is 4.82. The first-order valence-electron chi connectivity index (χ1n) is 12.7. The summed E-state index contributed by atoms with van der Waals surface area (Å²) in [7, 11) is 0. The van der Waals surface area contributed by atoms with Gasteiger partial charge in [0.15, 0.2) is 0 Å². The van der Waals surface area contributed by atoms with Gasteiger partial charge in [-0.25, -0.2) is 0 Å². The Kier molecular flexibility index (Phi) is 6.18. The highest BCUT2D eigenvalue weighted by Gasteiger charge is 2.51. The largest absolute Gasteiger partial charge is 0.494 e. The van der Waals surface area contributed by atoms with Crippen molar-refractivity contribution in [1.29, 1.82) is 0 Å². The van der Waals surface area contributed by atoms with Crippen LogP contribution in [0.25, 0.3) is 0 Å². The van der Waals surface area contributed by atoms with E-state index in [4.69, 9.17) is 4.74 Å². The van der Waals surface area contributed by atoms with Crippen LogP contribution in [0.3, 0.4) is 0 Å². The van der Waals surface area contributed by atoms with Crippen molar-refractivity contribution in [2.75, 3.05) is 32.8 Å². The third-order valence-electron chi connectivity index (χ3n) is 8.50. The molecule has 2 amide bonds. The molecule has 0 atom stereocenters. The van der Waals surface area contributed by atoms with Crippen molar-refractivity contribution < 1.29 is 14.3 Å². The van der Waals surface area contributed by atoms with E-state index in [1.54, 1.807) is 0 Å². The molecule has 5 nitrogen and oxygen atoms in total. The van der Waals surface area contributed by atoms with Crippen LogP contribution < -0.4 is 4.74 Å². The molecule has 0 radical (unpaired) electrons. The molecule has 1 heterocycles. The Balaban J connectivity index is 1.03. The highest BCUT2D eigenvalue weighted by molar-refractivity contribution is 5.79. The molecule has 1 saturated heterocycles. The third-order valence-corrected chi connectivity index (χ3v) is 8.50. The maximum atomic E-state index is 13.1. The van der Waals surface area contributed by atoms with Crippen molar-refractivity contribution in [3.8, 4) is 5.75 Å². The summed E-state index contributed by atoms with van der Waals surface area (Å²) in [4.78, 5) is 29.7. The normalized spacial score (nSPS) is 31.1. The summed E-state index contributed by atoms with van der Waals surface area (Å²) in [5.41, 5.74) is 1.51. The lowest BCUT2D eigenvalue weighted by atomic mass is 9.49. The molecule has 0 unspecified atom stereocenters. The summed E-state index contributed by atoms with van der Waals surface area (Å²) in [6.07, 6.45) is 10.1. The molecular formula is C27H38N2O3. The number of hydrogen-bond donors (Lipinski definition) is 0. The van der Waals surface area contributed by atoms with Crippen LogP contribution in [0.2, 0.25) is 0 Å². The van der Waals surface area contributed by atoms with Gasteiger partial charge in [-0.1, -0.05) is 17.7 Å². The topological polar surface area (TPSA) is 49.9 Å². The first-order valence-corrected chi connectivity index (χ1v) is 12.7. The summed E-state index contributed by atoms with van der Waals surface area (Å²) in [6.45, 7) is 5.33. The van der Waals surface area contributed by atoms with Gasteiger partial charge in [0.1, 0.15) is 5.75 Å². The van der Waals surface area contributed by atoms with Gasteiger partial charge in [-0.3, -0.25) is 9.59 Å². The first kappa shape index (κ1) is 21.8. The van der Waals surface area contributed by atoms with Crippen molar-refractivity contribution in [3.63, 3.8) is 0 Å². The Labute approximate surface area is 192 Å². The fourth-order valence-electron chi connectivity index (χ4n) is 7.35. The fraction of sp³-hybridized carbons (Fsp3) is 0.704. The van der Waals surface area contributed by atoms with Crippen LogP contribution >= 0.6 is 0 Å². The van der Waals surface area contributed by atoms with Gasteiger partial charge in [-0.05, 0) is 87.2 Å². The second-order valence-electron chi connectivity index (χ2n) is 11.1. The Morgan fingerprint density at radius 1 is 0.875 bits per heavy atom. The second-order valence-corrected chi connectivity index (χ2v) is 11.1. The van der Waals surface area contributed by atoms with Crippen LogP contribution in [0, 0.1) is 30.1 Å². The molecule has 5 heteroatoms. The van der Waals surface area contributed by atoms with E-state index in [0.717, 1.165) is 36.3 Å². The summed E-state index contributed by atoms with van der Waals surface area (Å²) in [6, 6.07) is 8.00. The molecule has 4 saturated carbocycles. The monoisotopic (exact) mass is 438 g/mol. The maximum absolute atomic E-state index is 13.1. The lowest BCUT2D eigenvalue weighted by Crippen LogP contribution is -2.53. The zero-order valence-corrected chi connectivity index (χ0v) is 19.6.